The summed E-state index contributed by atoms with van der Waals surface area (Å²) in [7, 11) is -0.0432. The molecule has 3 rings (SSSR count). The number of rotatable bonds is 7. The standard InChI is InChI=1S/C24H41N2P/c1-24(2,3)26-23(25-19-20-13-7-4-8-14-20)27(21-15-9-5-10-16-21)22-17-11-6-12-18-22/h4,7-8,13-14,21-23,25-26H,5-6,9-12,15-19H2,1-3H3. The van der Waals surface area contributed by atoms with Crippen LogP contribution in [0.3, 0.4) is 0 Å². The number of benzene rings is 1. The first-order valence-corrected chi connectivity index (χ1v) is 12.9. The second kappa shape index (κ2) is 10.4. The van der Waals surface area contributed by atoms with Gasteiger partial charge in [0.2, 0.25) is 0 Å². The molecule has 2 aliphatic carbocycles. The molecule has 1 aromatic carbocycles. The van der Waals surface area contributed by atoms with E-state index in [0.29, 0.717) is 5.91 Å². The normalized spacial score (nSPS) is 21.5. The lowest BCUT2D eigenvalue weighted by atomic mass is 9.99. The zero-order valence-electron chi connectivity index (χ0n) is 17.8. The highest BCUT2D eigenvalue weighted by molar-refractivity contribution is 7.59. The van der Waals surface area contributed by atoms with Crippen LogP contribution in [0, 0.1) is 0 Å². The molecule has 0 aliphatic heterocycles. The fraction of sp³-hybridized carbons (Fsp3) is 0.750. The van der Waals surface area contributed by atoms with Gasteiger partial charge in [-0.1, -0.05) is 76.8 Å². The van der Waals surface area contributed by atoms with E-state index >= 15 is 0 Å². The minimum atomic E-state index is -0.0432. The Morgan fingerprint density at radius 2 is 1.37 bits per heavy atom. The maximum atomic E-state index is 4.04. The highest BCUT2D eigenvalue weighted by atomic mass is 31.1. The summed E-state index contributed by atoms with van der Waals surface area (Å²) in [6.45, 7) is 7.98. The van der Waals surface area contributed by atoms with Crippen LogP contribution in [0.4, 0.5) is 0 Å². The van der Waals surface area contributed by atoms with Gasteiger partial charge in [-0.3, -0.25) is 10.6 Å². The first kappa shape index (κ1) is 21.3. The Bertz CT molecular complexity index is 509. The Balaban J connectivity index is 1.78. The van der Waals surface area contributed by atoms with Crippen LogP contribution in [-0.2, 0) is 6.54 Å². The second-order valence-electron chi connectivity index (χ2n) is 9.69. The van der Waals surface area contributed by atoms with E-state index in [1.165, 1.54) is 69.8 Å². The summed E-state index contributed by atoms with van der Waals surface area (Å²) >= 11 is 0. The molecule has 2 nitrogen and oxygen atoms in total. The van der Waals surface area contributed by atoms with Crippen LogP contribution in [0.15, 0.2) is 30.3 Å². The SMILES string of the molecule is CC(C)(C)NC(NCc1ccccc1)P(C1CCCCC1)C1CCCCC1. The van der Waals surface area contributed by atoms with Crippen molar-refractivity contribution in [2.75, 3.05) is 0 Å². The van der Waals surface area contributed by atoms with Crippen LogP contribution in [0.5, 0.6) is 0 Å². The van der Waals surface area contributed by atoms with Crippen LogP contribution < -0.4 is 10.6 Å². The van der Waals surface area contributed by atoms with Gasteiger partial charge in [0.25, 0.3) is 0 Å². The van der Waals surface area contributed by atoms with Gasteiger partial charge >= 0.3 is 0 Å². The molecule has 2 saturated carbocycles. The van der Waals surface area contributed by atoms with Gasteiger partial charge in [0.1, 0.15) is 0 Å². The summed E-state index contributed by atoms with van der Waals surface area (Å²) in [5.41, 5.74) is 3.47. The fourth-order valence-electron chi connectivity index (χ4n) is 4.93. The largest absolute Gasteiger partial charge is 0.294 e. The van der Waals surface area contributed by atoms with Crippen molar-refractivity contribution in [3.8, 4) is 0 Å². The van der Waals surface area contributed by atoms with Gasteiger partial charge in [-0.05, 0) is 63.3 Å². The smallest absolute Gasteiger partial charge is 0.0784 e. The number of nitrogens with one attached hydrogen (secondary N) is 2. The van der Waals surface area contributed by atoms with E-state index in [1.807, 2.05) is 0 Å². The lowest BCUT2D eigenvalue weighted by molar-refractivity contribution is 0.369. The van der Waals surface area contributed by atoms with Gasteiger partial charge in [-0.2, -0.15) is 0 Å². The van der Waals surface area contributed by atoms with E-state index in [9.17, 15) is 0 Å². The summed E-state index contributed by atoms with van der Waals surface area (Å²) in [4.78, 5) is 0. The maximum absolute atomic E-state index is 4.04. The molecule has 0 bridgehead atoms. The molecule has 2 aliphatic rings. The van der Waals surface area contributed by atoms with Gasteiger partial charge in [-0.15, -0.1) is 0 Å². The average molecular weight is 389 g/mol. The minimum absolute atomic E-state index is 0.0432. The van der Waals surface area contributed by atoms with E-state index in [4.69, 9.17) is 0 Å². The Morgan fingerprint density at radius 3 is 1.85 bits per heavy atom. The van der Waals surface area contributed by atoms with Crippen LogP contribution in [0.25, 0.3) is 0 Å². The third-order valence-corrected chi connectivity index (χ3v) is 9.83. The van der Waals surface area contributed by atoms with Gasteiger partial charge < -0.3 is 0 Å². The van der Waals surface area contributed by atoms with E-state index in [1.54, 1.807) is 0 Å². The molecule has 0 radical (unpaired) electrons. The molecule has 0 amide bonds. The van der Waals surface area contributed by atoms with Gasteiger partial charge in [-0.25, -0.2) is 0 Å². The predicted molar refractivity (Wildman–Crippen MR) is 121 cm³/mol. The highest BCUT2D eigenvalue weighted by Gasteiger charge is 2.37. The van der Waals surface area contributed by atoms with Crippen molar-refractivity contribution in [3.63, 3.8) is 0 Å². The summed E-state index contributed by atoms with van der Waals surface area (Å²) in [6, 6.07) is 10.9. The minimum Gasteiger partial charge on any atom is -0.294 e. The van der Waals surface area contributed by atoms with Crippen LogP contribution >= 0.6 is 7.92 Å². The lowest BCUT2D eigenvalue weighted by Crippen LogP contribution is -2.52. The summed E-state index contributed by atoms with van der Waals surface area (Å²) in [5, 5.41) is 8.04. The van der Waals surface area contributed by atoms with Gasteiger partial charge in [0.15, 0.2) is 0 Å². The predicted octanol–water partition coefficient (Wildman–Crippen LogP) is 6.60. The molecule has 27 heavy (non-hydrogen) atoms. The molecule has 1 atom stereocenters. The van der Waals surface area contributed by atoms with Gasteiger partial charge in [0.05, 0.1) is 5.91 Å². The molecule has 0 spiro atoms. The van der Waals surface area contributed by atoms with Crippen LogP contribution in [-0.4, -0.2) is 22.8 Å². The van der Waals surface area contributed by atoms with Crippen molar-refractivity contribution in [1.29, 1.82) is 0 Å². The monoisotopic (exact) mass is 388 g/mol. The Hall–Kier alpha value is -0.430. The topological polar surface area (TPSA) is 24.1 Å². The maximum Gasteiger partial charge on any atom is 0.0784 e. The van der Waals surface area contributed by atoms with Crippen molar-refractivity contribution >= 4 is 7.92 Å². The zero-order valence-corrected chi connectivity index (χ0v) is 18.7. The Morgan fingerprint density at radius 1 is 0.852 bits per heavy atom. The van der Waals surface area contributed by atoms with E-state index in [0.717, 1.165) is 17.9 Å². The van der Waals surface area contributed by atoms with E-state index in [-0.39, 0.29) is 13.5 Å². The zero-order chi connectivity index (χ0) is 19.1. The van der Waals surface area contributed by atoms with Gasteiger partial charge in [0, 0.05) is 12.1 Å². The lowest BCUT2D eigenvalue weighted by Gasteiger charge is -2.45. The van der Waals surface area contributed by atoms with E-state index in [2.05, 4.69) is 61.7 Å². The summed E-state index contributed by atoms with van der Waals surface area (Å²) in [6.07, 6.45) is 14.6. The molecule has 3 heteroatoms. The molecule has 2 N–H and O–H groups in total. The van der Waals surface area contributed by atoms with Crippen molar-refractivity contribution in [3.05, 3.63) is 35.9 Å². The van der Waals surface area contributed by atoms with Crippen molar-refractivity contribution < 1.29 is 0 Å². The number of hydrogen-bond acceptors (Lipinski definition) is 2. The first-order chi connectivity index (χ1) is 13.0. The van der Waals surface area contributed by atoms with Crippen molar-refractivity contribution in [2.24, 2.45) is 0 Å². The molecule has 2 fully saturated rings. The Kier molecular flexibility index (Phi) is 8.18. The molecule has 0 heterocycles. The van der Waals surface area contributed by atoms with Crippen LogP contribution in [0.2, 0.25) is 0 Å². The van der Waals surface area contributed by atoms with Crippen LogP contribution in [0.1, 0.15) is 90.5 Å². The second-order valence-corrected chi connectivity index (χ2v) is 12.6. The first-order valence-electron chi connectivity index (χ1n) is 11.4. The molecule has 0 saturated heterocycles. The Labute approximate surface area is 169 Å². The van der Waals surface area contributed by atoms with Crippen molar-refractivity contribution in [2.45, 2.75) is 114 Å². The molecule has 0 aromatic heterocycles. The molecule has 152 valence electrons. The summed E-state index contributed by atoms with van der Waals surface area (Å²) in [5.74, 6) is 0.478. The third kappa shape index (κ3) is 6.84. The summed E-state index contributed by atoms with van der Waals surface area (Å²) < 4.78 is 0. The average Bonchev–Trinajstić information content (AvgIpc) is 2.68. The quantitative estimate of drug-likeness (QED) is 0.406. The third-order valence-electron chi connectivity index (χ3n) is 6.20. The molecular formula is C24H41N2P. The van der Waals surface area contributed by atoms with E-state index < -0.39 is 0 Å². The molecule has 1 unspecified atom stereocenters. The van der Waals surface area contributed by atoms with Crippen molar-refractivity contribution in [1.82, 2.24) is 10.6 Å². The fourth-order valence-corrected chi connectivity index (χ4v) is 9.13. The number of hydrogen-bond donors (Lipinski definition) is 2. The molecular weight excluding hydrogens is 347 g/mol. The highest BCUT2D eigenvalue weighted by Crippen LogP contribution is 2.57. The molecule has 1 aromatic rings.